The minimum absolute atomic E-state index is 0.0103. The van der Waals surface area contributed by atoms with Crippen molar-refractivity contribution >= 4 is 21.7 Å². The molecule has 1 aliphatic carbocycles. The molecular formula is C16H24N2O4S. The van der Waals surface area contributed by atoms with Gasteiger partial charge in [-0.05, 0) is 44.4 Å². The molecule has 0 spiro atoms. The zero-order chi connectivity index (χ0) is 17.0. The Labute approximate surface area is 137 Å². The van der Waals surface area contributed by atoms with Crippen LogP contribution in [-0.2, 0) is 10.0 Å². The van der Waals surface area contributed by atoms with Crippen LogP contribution in [0.5, 0.6) is 0 Å². The number of carboxylic acids is 1. The van der Waals surface area contributed by atoms with Gasteiger partial charge in [-0.3, -0.25) is 0 Å². The molecule has 1 aromatic carbocycles. The first-order chi connectivity index (χ1) is 10.8. The molecule has 1 saturated carbocycles. The minimum Gasteiger partial charge on any atom is -0.478 e. The van der Waals surface area contributed by atoms with Gasteiger partial charge >= 0.3 is 5.97 Å². The highest BCUT2D eigenvalue weighted by molar-refractivity contribution is 7.89. The van der Waals surface area contributed by atoms with Gasteiger partial charge in [0.2, 0.25) is 10.0 Å². The van der Waals surface area contributed by atoms with Crippen LogP contribution in [0, 0.1) is 0 Å². The molecule has 0 aliphatic heterocycles. The van der Waals surface area contributed by atoms with Gasteiger partial charge in [-0.15, -0.1) is 0 Å². The van der Waals surface area contributed by atoms with Crippen molar-refractivity contribution in [2.75, 3.05) is 5.32 Å². The summed E-state index contributed by atoms with van der Waals surface area (Å²) >= 11 is 0. The zero-order valence-corrected chi connectivity index (χ0v) is 14.3. The molecule has 1 aromatic rings. The van der Waals surface area contributed by atoms with Gasteiger partial charge in [-0.1, -0.05) is 19.8 Å². The van der Waals surface area contributed by atoms with E-state index in [-0.39, 0.29) is 22.5 Å². The minimum atomic E-state index is -3.71. The second kappa shape index (κ2) is 7.31. The van der Waals surface area contributed by atoms with Gasteiger partial charge in [0.25, 0.3) is 0 Å². The highest BCUT2D eigenvalue weighted by Gasteiger charge is 2.22. The Morgan fingerprint density at radius 2 is 2.00 bits per heavy atom. The van der Waals surface area contributed by atoms with Crippen molar-refractivity contribution in [3.63, 3.8) is 0 Å². The average Bonchev–Trinajstić information content (AvgIpc) is 2.99. The number of carbonyl (C=O) groups is 1. The third-order valence-electron chi connectivity index (χ3n) is 4.22. The van der Waals surface area contributed by atoms with Crippen molar-refractivity contribution in [3.05, 3.63) is 23.8 Å². The number of benzene rings is 1. The third-order valence-corrected chi connectivity index (χ3v) is 5.80. The molecule has 0 bridgehead atoms. The van der Waals surface area contributed by atoms with E-state index in [1.54, 1.807) is 13.0 Å². The van der Waals surface area contributed by atoms with E-state index in [4.69, 9.17) is 0 Å². The fraction of sp³-hybridized carbons (Fsp3) is 0.562. The van der Waals surface area contributed by atoms with Crippen molar-refractivity contribution in [2.45, 2.75) is 62.9 Å². The fourth-order valence-electron chi connectivity index (χ4n) is 2.70. The van der Waals surface area contributed by atoms with E-state index in [0.717, 1.165) is 25.7 Å². The Hall–Kier alpha value is -1.60. The predicted octanol–water partition coefficient (Wildman–Crippen LogP) is 2.82. The summed E-state index contributed by atoms with van der Waals surface area (Å²) in [5.41, 5.74) is 0.468. The SMILES string of the molecule is CCC(C)NS(=O)(=O)c1ccc(NC2CCCC2)c(C(=O)O)c1. The Morgan fingerprint density at radius 1 is 1.35 bits per heavy atom. The molecular weight excluding hydrogens is 316 g/mol. The first-order valence-electron chi connectivity index (χ1n) is 7.99. The highest BCUT2D eigenvalue weighted by atomic mass is 32.2. The van der Waals surface area contributed by atoms with E-state index in [0.29, 0.717) is 12.1 Å². The maximum atomic E-state index is 12.3. The van der Waals surface area contributed by atoms with Crippen molar-refractivity contribution in [1.29, 1.82) is 0 Å². The third kappa shape index (κ3) is 4.45. The molecule has 0 radical (unpaired) electrons. The van der Waals surface area contributed by atoms with E-state index in [1.165, 1.54) is 12.1 Å². The van der Waals surface area contributed by atoms with E-state index in [2.05, 4.69) is 10.0 Å². The first kappa shape index (κ1) is 17.7. The lowest BCUT2D eigenvalue weighted by Gasteiger charge is -2.17. The molecule has 2 rings (SSSR count). The summed E-state index contributed by atoms with van der Waals surface area (Å²) in [6.07, 6.45) is 4.94. The van der Waals surface area contributed by atoms with Crippen LogP contribution >= 0.6 is 0 Å². The van der Waals surface area contributed by atoms with Crippen LogP contribution in [-0.4, -0.2) is 31.6 Å². The predicted molar refractivity (Wildman–Crippen MR) is 89.4 cm³/mol. The largest absolute Gasteiger partial charge is 0.478 e. The molecule has 1 aliphatic rings. The van der Waals surface area contributed by atoms with Crippen LogP contribution in [0.1, 0.15) is 56.3 Å². The number of nitrogens with one attached hydrogen (secondary N) is 2. The van der Waals surface area contributed by atoms with Gasteiger partial charge in [0.1, 0.15) is 0 Å². The van der Waals surface area contributed by atoms with Gasteiger partial charge in [0.05, 0.1) is 10.5 Å². The van der Waals surface area contributed by atoms with Crippen LogP contribution in [0.2, 0.25) is 0 Å². The Balaban J connectivity index is 2.29. The van der Waals surface area contributed by atoms with Crippen molar-refractivity contribution in [2.24, 2.45) is 0 Å². The first-order valence-corrected chi connectivity index (χ1v) is 9.48. The van der Waals surface area contributed by atoms with Gasteiger partial charge in [-0.25, -0.2) is 17.9 Å². The number of sulfonamides is 1. The lowest BCUT2D eigenvalue weighted by molar-refractivity contribution is 0.0697. The summed E-state index contributed by atoms with van der Waals surface area (Å²) in [5.74, 6) is -1.13. The van der Waals surface area contributed by atoms with Gasteiger partial charge < -0.3 is 10.4 Å². The normalized spacial score (nSPS) is 17.1. The van der Waals surface area contributed by atoms with Crippen LogP contribution in [0.4, 0.5) is 5.69 Å². The summed E-state index contributed by atoms with van der Waals surface area (Å²) < 4.78 is 27.2. The summed E-state index contributed by atoms with van der Waals surface area (Å²) in [7, 11) is -3.71. The Bertz CT molecular complexity index is 667. The Kier molecular flexibility index (Phi) is 5.64. The highest BCUT2D eigenvalue weighted by Crippen LogP contribution is 2.26. The summed E-state index contributed by atoms with van der Waals surface area (Å²) in [6, 6.07) is 4.28. The molecule has 0 saturated heterocycles. The molecule has 6 nitrogen and oxygen atoms in total. The molecule has 1 unspecified atom stereocenters. The van der Waals surface area contributed by atoms with Gasteiger partial charge in [0.15, 0.2) is 0 Å². The lowest BCUT2D eigenvalue weighted by atomic mass is 10.1. The van der Waals surface area contributed by atoms with E-state index in [1.807, 2.05) is 6.92 Å². The van der Waals surface area contributed by atoms with Crippen molar-refractivity contribution in [3.8, 4) is 0 Å². The van der Waals surface area contributed by atoms with Crippen molar-refractivity contribution < 1.29 is 18.3 Å². The van der Waals surface area contributed by atoms with Crippen LogP contribution in [0.3, 0.4) is 0 Å². The fourth-order valence-corrected chi connectivity index (χ4v) is 4.05. The zero-order valence-electron chi connectivity index (χ0n) is 13.5. The monoisotopic (exact) mass is 340 g/mol. The number of aromatic carboxylic acids is 1. The molecule has 0 amide bonds. The van der Waals surface area contributed by atoms with Crippen molar-refractivity contribution in [1.82, 2.24) is 4.72 Å². The van der Waals surface area contributed by atoms with Gasteiger partial charge in [-0.2, -0.15) is 0 Å². The van der Waals surface area contributed by atoms with Gasteiger partial charge in [0, 0.05) is 17.8 Å². The molecule has 128 valence electrons. The number of hydrogen-bond donors (Lipinski definition) is 3. The molecule has 7 heteroatoms. The average molecular weight is 340 g/mol. The summed E-state index contributed by atoms with van der Waals surface area (Å²) in [4.78, 5) is 11.5. The van der Waals surface area contributed by atoms with Crippen LogP contribution in [0.25, 0.3) is 0 Å². The maximum Gasteiger partial charge on any atom is 0.337 e. The molecule has 1 fully saturated rings. The molecule has 1 atom stereocenters. The topological polar surface area (TPSA) is 95.5 Å². The number of rotatable bonds is 7. The van der Waals surface area contributed by atoms with E-state index >= 15 is 0 Å². The molecule has 3 N–H and O–H groups in total. The van der Waals surface area contributed by atoms with Crippen LogP contribution in [0.15, 0.2) is 23.1 Å². The second-order valence-corrected chi connectivity index (χ2v) is 7.78. The quantitative estimate of drug-likeness (QED) is 0.709. The van der Waals surface area contributed by atoms with E-state index in [9.17, 15) is 18.3 Å². The molecule has 0 heterocycles. The lowest BCUT2D eigenvalue weighted by Crippen LogP contribution is -2.32. The standard InChI is InChI=1S/C16H24N2O4S/c1-3-11(2)18-23(21,22)13-8-9-15(14(10-13)16(19)20)17-12-6-4-5-7-12/h8-12,17-18H,3-7H2,1-2H3,(H,19,20). The second-order valence-electron chi connectivity index (χ2n) is 6.07. The van der Waals surface area contributed by atoms with Crippen LogP contribution < -0.4 is 10.0 Å². The molecule has 23 heavy (non-hydrogen) atoms. The number of carboxylic acid groups (broad SMARTS) is 1. The number of anilines is 1. The summed E-state index contributed by atoms with van der Waals surface area (Å²) in [5, 5.41) is 12.6. The molecule has 0 aromatic heterocycles. The smallest absolute Gasteiger partial charge is 0.337 e. The number of hydrogen-bond acceptors (Lipinski definition) is 4. The Morgan fingerprint density at radius 3 is 2.57 bits per heavy atom. The summed E-state index contributed by atoms with van der Waals surface area (Å²) in [6.45, 7) is 3.65. The van der Waals surface area contributed by atoms with E-state index < -0.39 is 16.0 Å². The maximum absolute atomic E-state index is 12.3.